The number of benzene rings is 2. The van der Waals surface area contributed by atoms with Gasteiger partial charge in [-0.05, 0) is 36.8 Å². The lowest BCUT2D eigenvalue weighted by atomic mass is 10.1. The summed E-state index contributed by atoms with van der Waals surface area (Å²) in [7, 11) is 0. The van der Waals surface area contributed by atoms with Gasteiger partial charge in [0.25, 0.3) is 11.5 Å². The Morgan fingerprint density at radius 2 is 1.58 bits per heavy atom. The first-order valence-electron chi connectivity index (χ1n) is 11.9. The van der Waals surface area contributed by atoms with E-state index in [2.05, 4.69) is 5.10 Å². The van der Waals surface area contributed by atoms with Crippen molar-refractivity contribution >= 4 is 11.8 Å². The molecule has 0 saturated carbocycles. The Hall–Kier alpha value is -4.27. The predicted molar refractivity (Wildman–Crippen MR) is 133 cm³/mol. The number of piperazine rings is 1. The van der Waals surface area contributed by atoms with Crippen molar-refractivity contribution in [2.24, 2.45) is 0 Å². The highest BCUT2D eigenvalue weighted by molar-refractivity contribution is 6.00. The number of nitrogens with zero attached hydrogens (tertiary/aromatic N) is 5. The van der Waals surface area contributed by atoms with Gasteiger partial charge in [-0.1, -0.05) is 30.3 Å². The van der Waals surface area contributed by atoms with Crippen LogP contribution in [0, 0.1) is 5.82 Å². The highest BCUT2D eigenvalue weighted by atomic mass is 19.1. The molecule has 2 aromatic rings. The van der Waals surface area contributed by atoms with Crippen LogP contribution >= 0.6 is 0 Å². The van der Waals surface area contributed by atoms with Crippen LogP contribution in [0.25, 0.3) is 16.9 Å². The molecule has 8 nitrogen and oxygen atoms in total. The number of rotatable bonds is 5. The summed E-state index contributed by atoms with van der Waals surface area (Å²) < 4.78 is 16.3. The summed E-state index contributed by atoms with van der Waals surface area (Å²) in [6.07, 6.45) is 3.65. The first-order valence-corrected chi connectivity index (χ1v) is 11.9. The van der Waals surface area contributed by atoms with E-state index in [1.54, 1.807) is 46.5 Å². The van der Waals surface area contributed by atoms with Crippen molar-refractivity contribution < 1.29 is 14.0 Å². The van der Waals surface area contributed by atoms with Gasteiger partial charge in [0.15, 0.2) is 0 Å². The molecule has 2 aromatic carbocycles. The summed E-state index contributed by atoms with van der Waals surface area (Å²) in [4.78, 5) is 42.8. The zero-order valence-corrected chi connectivity index (χ0v) is 19.9. The van der Waals surface area contributed by atoms with E-state index in [9.17, 15) is 18.8 Å². The maximum atomic E-state index is 13.6. The topological polar surface area (TPSA) is 80.4 Å². The maximum Gasteiger partial charge on any atom is 0.282 e. The minimum atomic E-state index is -0.338. The Morgan fingerprint density at radius 3 is 2.25 bits per heavy atom. The average Bonchev–Trinajstić information content (AvgIpc) is 3.25. The largest absolute Gasteiger partial charge is 0.353 e. The van der Waals surface area contributed by atoms with E-state index in [0.717, 1.165) is 5.56 Å². The monoisotopic (exact) mass is 487 g/mol. The number of amides is 2. The molecule has 0 spiro atoms. The molecule has 2 amide bonds. The van der Waals surface area contributed by atoms with Crippen LogP contribution in [0.1, 0.15) is 22.8 Å². The van der Waals surface area contributed by atoms with Crippen LogP contribution in [0.5, 0.6) is 0 Å². The van der Waals surface area contributed by atoms with Crippen LogP contribution in [0.4, 0.5) is 4.39 Å². The molecule has 1 saturated heterocycles. The molecule has 0 atom stereocenters. The zero-order chi connectivity index (χ0) is 25.2. The lowest BCUT2D eigenvalue weighted by molar-refractivity contribution is -0.131. The summed E-state index contributed by atoms with van der Waals surface area (Å²) >= 11 is 0. The average molecular weight is 488 g/mol. The van der Waals surface area contributed by atoms with E-state index in [0.29, 0.717) is 55.2 Å². The molecule has 36 heavy (non-hydrogen) atoms. The number of hydrogen-bond acceptors (Lipinski definition) is 4. The molecule has 3 heterocycles. The molecule has 9 heteroatoms. The number of pyridine rings is 1. The summed E-state index contributed by atoms with van der Waals surface area (Å²) in [5.74, 6) is -0.612. The van der Waals surface area contributed by atoms with Gasteiger partial charge in [0.1, 0.15) is 11.5 Å². The normalized spacial score (nSPS) is 13.8. The van der Waals surface area contributed by atoms with Crippen LogP contribution in [0.2, 0.25) is 0 Å². The minimum absolute atomic E-state index is 0.0581. The van der Waals surface area contributed by atoms with Crippen molar-refractivity contribution in [3.63, 3.8) is 0 Å². The van der Waals surface area contributed by atoms with Crippen molar-refractivity contribution in [1.82, 2.24) is 24.1 Å². The molecule has 3 aliphatic rings. The van der Waals surface area contributed by atoms with Crippen molar-refractivity contribution in [2.45, 2.75) is 19.9 Å². The lowest BCUT2D eigenvalue weighted by Crippen LogP contribution is -2.51. The van der Waals surface area contributed by atoms with E-state index < -0.39 is 0 Å². The van der Waals surface area contributed by atoms with Crippen molar-refractivity contribution in [3.8, 4) is 16.9 Å². The third-order valence-electron chi connectivity index (χ3n) is 6.51. The van der Waals surface area contributed by atoms with Crippen molar-refractivity contribution in [1.29, 1.82) is 0 Å². The molecular formula is C27H26FN5O3. The van der Waals surface area contributed by atoms with Crippen LogP contribution in [-0.2, 0) is 17.8 Å². The van der Waals surface area contributed by atoms with Gasteiger partial charge in [-0.3, -0.25) is 14.4 Å². The SMILES string of the molecule is CCn1cc(C(=O)N2CCN(C(=O)Cc3ccc(F)cc3)CC2)c2nn(-c3ccccc3)c(=O)c-2c1. The van der Waals surface area contributed by atoms with Gasteiger partial charge in [-0.2, -0.15) is 9.78 Å². The van der Waals surface area contributed by atoms with E-state index >= 15 is 0 Å². The highest BCUT2D eigenvalue weighted by Gasteiger charge is 2.30. The number of hydrogen-bond donors (Lipinski definition) is 0. The Labute approximate surface area is 207 Å². The highest BCUT2D eigenvalue weighted by Crippen LogP contribution is 2.24. The molecular weight excluding hydrogens is 461 g/mol. The fourth-order valence-corrected chi connectivity index (χ4v) is 4.46. The van der Waals surface area contributed by atoms with E-state index in [4.69, 9.17) is 0 Å². The fraction of sp³-hybridized carbons (Fsp3) is 0.259. The van der Waals surface area contributed by atoms with Crippen LogP contribution in [0.3, 0.4) is 0 Å². The van der Waals surface area contributed by atoms with Crippen molar-refractivity contribution in [3.05, 3.63) is 94.3 Å². The van der Waals surface area contributed by atoms with Gasteiger partial charge in [0.2, 0.25) is 5.91 Å². The van der Waals surface area contributed by atoms with E-state index in [1.807, 2.05) is 29.7 Å². The summed E-state index contributed by atoms with van der Waals surface area (Å²) in [6, 6.07) is 15.0. The van der Waals surface area contributed by atoms with Gasteiger partial charge in [-0.25, -0.2) is 4.39 Å². The van der Waals surface area contributed by atoms with Crippen LogP contribution in [0.15, 0.2) is 71.8 Å². The van der Waals surface area contributed by atoms with E-state index in [-0.39, 0.29) is 29.6 Å². The standard InChI is InChI=1S/C27H26FN5O3/c1-2-30-17-22(25-23(18-30)27(36)33(29-25)21-6-4-3-5-7-21)26(35)32-14-12-31(13-15-32)24(34)16-19-8-10-20(28)11-9-19/h3-11,17-18H,2,12-16H2,1H3. The third-order valence-corrected chi connectivity index (χ3v) is 6.51. The van der Waals surface area contributed by atoms with E-state index in [1.165, 1.54) is 16.8 Å². The van der Waals surface area contributed by atoms with Gasteiger partial charge < -0.3 is 14.4 Å². The fourth-order valence-electron chi connectivity index (χ4n) is 4.46. The number of fused-ring (bicyclic) bond motifs is 1. The number of aromatic nitrogens is 3. The maximum absolute atomic E-state index is 13.6. The van der Waals surface area contributed by atoms with Gasteiger partial charge in [-0.15, -0.1) is 0 Å². The number of aryl methyl sites for hydroxylation is 1. The summed E-state index contributed by atoms with van der Waals surface area (Å²) in [5, 5.41) is 4.52. The Morgan fingerprint density at radius 1 is 0.917 bits per heavy atom. The van der Waals surface area contributed by atoms with Crippen LogP contribution in [-0.4, -0.2) is 62.1 Å². The first-order chi connectivity index (χ1) is 17.4. The van der Waals surface area contributed by atoms with Crippen molar-refractivity contribution in [2.75, 3.05) is 26.2 Å². The zero-order valence-electron chi connectivity index (χ0n) is 19.9. The van der Waals surface area contributed by atoms with Gasteiger partial charge in [0, 0.05) is 45.1 Å². The number of carbonyl (C=O) groups is 2. The van der Waals surface area contributed by atoms with Gasteiger partial charge in [0.05, 0.1) is 23.2 Å². The molecule has 0 unspecified atom stereocenters. The Balaban J connectivity index is 1.35. The summed E-state index contributed by atoms with van der Waals surface area (Å²) in [6.45, 7) is 4.09. The van der Waals surface area contributed by atoms with Gasteiger partial charge >= 0.3 is 0 Å². The molecule has 0 aromatic heterocycles. The second-order valence-electron chi connectivity index (χ2n) is 8.79. The molecule has 3 aliphatic heterocycles. The minimum Gasteiger partial charge on any atom is -0.353 e. The second kappa shape index (κ2) is 9.77. The molecule has 5 rings (SSSR count). The number of para-hydroxylation sites is 1. The second-order valence-corrected chi connectivity index (χ2v) is 8.79. The lowest BCUT2D eigenvalue weighted by Gasteiger charge is -2.35. The molecule has 1 fully saturated rings. The summed E-state index contributed by atoms with van der Waals surface area (Å²) in [5.41, 5.74) is 2.23. The molecule has 0 bridgehead atoms. The third kappa shape index (κ3) is 4.51. The smallest absolute Gasteiger partial charge is 0.282 e. The number of carbonyl (C=O) groups excluding carboxylic acids is 2. The Kier molecular flexibility index (Phi) is 6.37. The predicted octanol–water partition coefficient (Wildman–Crippen LogP) is 2.82. The number of halogens is 1. The van der Waals surface area contributed by atoms with Crippen LogP contribution < -0.4 is 5.56 Å². The molecule has 0 N–H and O–H groups in total. The quantitative estimate of drug-likeness (QED) is 0.434. The molecule has 0 radical (unpaired) electrons. The molecule has 0 aliphatic carbocycles. The molecule has 184 valence electrons. The Bertz CT molecular complexity index is 1420. The first kappa shape index (κ1) is 23.5.